The Labute approximate surface area is 176 Å². The molecule has 3 atom stereocenters. The van der Waals surface area contributed by atoms with Crippen molar-refractivity contribution in [1.82, 2.24) is 14.5 Å². The SMILES string of the molecule is Cc1cc(Cl)c(Cl)cc1S(=O)(=O)N[C@H]1C[C@H]2CO[C@@H](CC(=O)N(C)C)CN2C1. The van der Waals surface area contributed by atoms with Crippen molar-refractivity contribution in [2.24, 2.45) is 0 Å². The number of carbonyl (C=O) groups is 1. The highest BCUT2D eigenvalue weighted by Gasteiger charge is 2.39. The molecule has 2 saturated heterocycles. The van der Waals surface area contributed by atoms with Crippen molar-refractivity contribution in [2.45, 2.75) is 42.8 Å². The summed E-state index contributed by atoms with van der Waals surface area (Å²) in [5, 5.41) is 0.532. The summed E-state index contributed by atoms with van der Waals surface area (Å²) in [7, 11) is -0.278. The van der Waals surface area contributed by atoms with Gasteiger partial charge in [0, 0.05) is 39.3 Å². The molecule has 2 aliphatic rings. The number of nitrogens with zero attached hydrogens (tertiary/aromatic N) is 2. The van der Waals surface area contributed by atoms with Crippen molar-refractivity contribution in [3.05, 3.63) is 27.7 Å². The summed E-state index contributed by atoms with van der Waals surface area (Å²) in [6, 6.07) is 2.86. The third kappa shape index (κ3) is 4.80. The van der Waals surface area contributed by atoms with E-state index in [1.54, 1.807) is 32.0 Å². The molecule has 0 aromatic heterocycles. The average Bonchev–Trinajstić information content (AvgIpc) is 2.98. The van der Waals surface area contributed by atoms with Crippen molar-refractivity contribution in [1.29, 1.82) is 0 Å². The molecule has 1 aromatic carbocycles. The minimum Gasteiger partial charge on any atom is -0.375 e. The first-order valence-corrected chi connectivity index (χ1v) is 11.3. The highest BCUT2D eigenvalue weighted by Crippen LogP contribution is 2.30. The highest BCUT2D eigenvalue weighted by atomic mass is 35.5. The zero-order valence-electron chi connectivity index (χ0n) is 16.1. The van der Waals surface area contributed by atoms with Crippen LogP contribution >= 0.6 is 23.2 Å². The second-order valence-corrected chi connectivity index (χ2v) is 10.1. The molecule has 1 amide bonds. The first-order valence-electron chi connectivity index (χ1n) is 9.10. The van der Waals surface area contributed by atoms with Crippen LogP contribution in [-0.2, 0) is 19.6 Å². The van der Waals surface area contributed by atoms with Crippen molar-refractivity contribution < 1.29 is 17.9 Å². The van der Waals surface area contributed by atoms with E-state index in [2.05, 4.69) is 9.62 Å². The molecule has 2 fully saturated rings. The summed E-state index contributed by atoms with van der Waals surface area (Å²) in [5.74, 6) is 0.0231. The van der Waals surface area contributed by atoms with Gasteiger partial charge in [-0.2, -0.15) is 0 Å². The lowest BCUT2D eigenvalue weighted by molar-refractivity contribution is -0.134. The van der Waals surface area contributed by atoms with E-state index in [1.807, 2.05) is 0 Å². The quantitative estimate of drug-likeness (QED) is 0.742. The molecule has 0 aliphatic carbocycles. The Morgan fingerprint density at radius 3 is 2.64 bits per heavy atom. The van der Waals surface area contributed by atoms with Crippen LogP contribution in [0, 0.1) is 6.92 Å². The van der Waals surface area contributed by atoms with Crippen LogP contribution in [0.1, 0.15) is 18.4 Å². The van der Waals surface area contributed by atoms with Crippen LogP contribution in [-0.4, -0.2) is 76.1 Å². The fraction of sp³-hybridized carbons (Fsp3) is 0.611. The molecule has 0 saturated carbocycles. The molecule has 0 unspecified atom stereocenters. The third-order valence-electron chi connectivity index (χ3n) is 5.22. The van der Waals surface area contributed by atoms with Crippen molar-refractivity contribution >= 4 is 39.1 Å². The molecule has 28 heavy (non-hydrogen) atoms. The van der Waals surface area contributed by atoms with Crippen LogP contribution in [0.4, 0.5) is 0 Å². The summed E-state index contributed by atoms with van der Waals surface area (Å²) in [5.41, 5.74) is 0.545. The molecule has 156 valence electrons. The Balaban J connectivity index is 1.64. The summed E-state index contributed by atoms with van der Waals surface area (Å²) in [6.45, 7) is 3.39. The predicted molar refractivity (Wildman–Crippen MR) is 108 cm³/mol. The number of carbonyl (C=O) groups excluding carboxylic acids is 1. The maximum Gasteiger partial charge on any atom is 0.241 e. The molecule has 0 spiro atoms. The number of sulfonamides is 1. The van der Waals surface area contributed by atoms with E-state index >= 15 is 0 Å². The lowest BCUT2D eigenvalue weighted by Gasteiger charge is -2.35. The van der Waals surface area contributed by atoms with E-state index in [-0.39, 0.29) is 34.0 Å². The standard InChI is InChI=1S/C18H25Cl2N3O4S/c1-11-4-15(19)16(20)7-17(11)28(25,26)21-12-5-13-10-27-14(9-23(13)8-12)6-18(24)22(2)3/h4,7,12-14,21H,5-6,8-10H2,1-3H3/t12-,13-,14-/m0/s1. The Morgan fingerprint density at radius 1 is 1.29 bits per heavy atom. The number of aryl methyl sites for hydroxylation is 1. The zero-order chi connectivity index (χ0) is 20.6. The largest absolute Gasteiger partial charge is 0.375 e. The monoisotopic (exact) mass is 449 g/mol. The number of amides is 1. The maximum absolute atomic E-state index is 12.9. The van der Waals surface area contributed by atoms with Gasteiger partial charge in [-0.05, 0) is 31.0 Å². The molecule has 7 nitrogen and oxygen atoms in total. The fourth-order valence-electron chi connectivity index (χ4n) is 3.73. The van der Waals surface area contributed by atoms with Gasteiger partial charge in [0.2, 0.25) is 15.9 Å². The van der Waals surface area contributed by atoms with Crippen LogP contribution in [0.3, 0.4) is 0 Å². The molecule has 2 aliphatic heterocycles. The average molecular weight is 450 g/mol. The van der Waals surface area contributed by atoms with Crippen LogP contribution in [0.5, 0.6) is 0 Å². The number of benzene rings is 1. The Kier molecular flexibility index (Phi) is 6.58. The summed E-state index contributed by atoms with van der Waals surface area (Å²) in [6.07, 6.45) is 0.821. The molecule has 1 N–H and O–H groups in total. The number of morpholine rings is 1. The number of hydrogen-bond donors (Lipinski definition) is 1. The van der Waals surface area contributed by atoms with Gasteiger partial charge >= 0.3 is 0 Å². The molecule has 3 rings (SSSR count). The third-order valence-corrected chi connectivity index (χ3v) is 7.61. The molecular weight excluding hydrogens is 425 g/mol. The Bertz CT molecular complexity index is 863. The van der Waals surface area contributed by atoms with E-state index < -0.39 is 10.0 Å². The van der Waals surface area contributed by atoms with Crippen molar-refractivity contribution in [3.8, 4) is 0 Å². The normalized spacial score (nSPS) is 25.5. The van der Waals surface area contributed by atoms with Crippen LogP contribution in [0.15, 0.2) is 17.0 Å². The van der Waals surface area contributed by atoms with E-state index in [0.717, 1.165) is 0 Å². The summed E-state index contributed by atoms with van der Waals surface area (Å²) >= 11 is 12.0. The molecule has 10 heteroatoms. The summed E-state index contributed by atoms with van der Waals surface area (Å²) < 4.78 is 34.3. The number of fused-ring (bicyclic) bond motifs is 1. The van der Waals surface area contributed by atoms with Crippen LogP contribution < -0.4 is 4.72 Å². The summed E-state index contributed by atoms with van der Waals surface area (Å²) in [4.78, 5) is 15.8. The Hall–Kier alpha value is -0.900. The van der Waals surface area contributed by atoms with Crippen molar-refractivity contribution in [2.75, 3.05) is 33.8 Å². The predicted octanol–water partition coefficient (Wildman–Crippen LogP) is 1.90. The van der Waals surface area contributed by atoms with Gasteiger partial charge in [-0.3, -0.25) is 9.69 Å². The molecule has 2 heterocycles. The smallest absolute Gasteiger partial charge is 0.241 e. The number of halogens is 2. The van der Waals surface area contributed by atoms with Gasteiger partial charge in [0.1, 0.15) is 0 Å². The highest BCUT2D eigenvalue weighted by molar-refractivity contribution is 7.89. The topological polar surface area (TPSA) is 78.9 Å². The van der Waals surface area contributed by atoms with E-state index in [1.165, 1.54) is 6.07 Å². The number of rotatable bonds is 5. The Morgan fingerprint density at radius 2 is 1.96 bits per heavy atom. The maximum atomic E-state index is 12.9. The molecular formula is C18H25Cl2N3O4S. The zero-order valence-corrected chi connectivity index (χ0v) is 18.4. The second-order valence-electron chi connectivity index (χ2n) is 7.64. The van der Waals surface area contributed by atoms with Gasteiger partial charge in [-0.1, -0.05) is 23.2 Å². The number of ether oxygens (including phenoxy) is 1. The number of nitrogens with one attached hydrogen (secondary N) is 1. The van der Waals surface area contributed by atoms with Gasteiger partial charge in [0.25, 0.3) is 0 Å². The van der Waals surface area contributed by atoms with Gasteiger partial charge in [-0.15, -0.1) is 0 Å². The van der Waals surface area contributed by atoms with E-state index in [0.29, 0.717) is 43.1 Å². The molecule has 1 aromatic rings. The fourth-order valence-corrected chi connectivity index (χ4v) is 5.67. The lowest BCUT2D eigenvalue weighted by Crippen LogP contribution is -2.47. The van der Waals surface area contributed by atoms with Gasteiger partial charge in [0.05, 0.1) is 34.1 Å². The van der Waals surface area contributed by atoms with Gasteiger partial charge in [-0.25, -0.2) is 13.1 Å². The van der Waals surface area contributed by atoms with E-state index in [9.17, 15) is 13.2 Å². The lowest BCUT2D eigenvalue weighted by atomic mass is 10.1. The van der Waals surface area contributed by atoms with Crippen molar-refractivity contribution in [3.63, 3.8) is 0 Å². The minimum absolute atomic E-state index is 0.0231. The molecule has 0 radical (unpaired) electrons. The van der Waals surface area contributed by atoms with Crippen LogP contribution in [0.25, 0.3) is 0 Å². The molecule has 0 bridgehead atoms. The van der Waals surface area contributed by atoms with Crippen LogP contribution in [0.2, 0.25) is 10.0 Å². The van der Waals surface area contributed by atoms with Gasteiger partial charge in [0.15, 0.2) is 0 Å². The minimum atomic E-state index is -3.72. The second kappa shape index (κ2) is 8.45. The van der Waals surface area contributed by atoms with Gasteiger partial charge < -0.3 is 9.64 Å². The first kappa shape index (κ1) is 21.8. The van der Waals surface area contributed by atoms with E-state index in [4.69, 9.17) is 27.9 Å². The first-order chi connectivity index (χ1) is 13.1. The number of hydrogen-bond acceptors (Lipinski definition) is 5.